The quantitative estimate of drug-likeness (QED) is 0.871. The third kappa shape index (κ3) is 2.04. The van der Waals surface area contributed by atoms with Gasteiger partial charge in [-0.3, -0.25) is 4.79 Å². The van der Waals surface area contributed by atoms with Crippen LogP contribution in [0.5, 0.6) is 0 Å². The van der Waals surface area contributed by atoms with Gasteiger partial charge in [-0.25, -0.2) is 4.63 Å². The number of amides is 1. The van der Waals surface area contributed by atoms with Gasteiger partial charge < -0.3 is 5.32 Å². The Morgan fingerprint density at radius 1 is 1.38 bits per heavy atom. The molecule has 0 saturated carbocycles. The second kappa shape index (κ2) is 4.32. The molecule has 1 N–H and O–H groups in total. The van der Waals surface area contributed by atoms with Crippen molar-refractivity contribution >= 4 is 23.3 Å². The fourth-order valence-electron chi connectivity index (χ4n) is 1.27. The molecule has 1 aromatic carbocycles. The van der Waals surface area contributed by atoms with E-state index in [0.717, 1.165) is 0 Å². The van der Waals surface area contributed by atoms with Gasteiger partial charge in [0.15, 0.2) is 5.69 Å². The minimum atomic E-state index is -0.246. The number of nitrogens with zero attached hydrogens (tertiary/aromatic N) is 2. The van der Waals surface area contributed by atoms with Crippen LogP contribution in [-0.2, 0) is 4.79 Å². The largest absolute Gasteiger partial charge is 0.306 e. The molecule has 82 valence electrons. The Kier molecular flexibility index (Phi) is 2.87. The number of carbonyl (C=O) groups excluding carboxylic acids is 1. The monoisotopic (exact) mass is 237 g/mol. The number of hydrogen-bond donors (Lipinski definition) is 1. The third-order valence-electron chi connectivity index (χ3n) is 1.91. The van der Waals surface area contributed by atoms with Gasteiger partial charge in [0, 0.05) is 12.5 Å². The van der Waals surface area contributed by atoms with Crippen LogP contribution in [0.1, 0.15) is 6.92 Å². The summed E-state index contributed by atoms with van der Waals surface area (Å²) in [6.07, 6.45) is 0. The molecule has 2 aromatic rings. The van der Waals surface area contributed by atoms with Gasteiger partial charge >= 0.3 is 0 Å². The molecule has 0 aliphatic carbocycles. The average Bonchev–Trinajstić information content (AvgIpc) is 2.66. The summed E-state index contributed by atoms with van der Waals surface area (Å²) in [7, 11) is 0. The Bertz CT molecular complexity index is 524. The van der Waals surface area contributed by atoms with E-state index in [1.54, 1.807) is 18.2 Å². The first-order chi connectivity index (χ1) is 7.68. The Labute approximate surface area is 96.4 Å². The van der Waals surface area contributed by atoms with Crippen molar-refractivity contribution in [2.75, 3.05) is 5.32 Å². The molecule has 0 aliphatic rings. The number of rotatable bonds is 2. The maximum absolute atomic E-state index is 10.9. The smallest absolute Gasteiger partial charge is 0.222 e. The highest BCUT2D eigenvalue weighted by atomic mass is 35.5. The van der Waals surface area contributed by atoms with Crippen LogP contribution in [0, 0.1) is 0 Å². The van der Waals surface area contributed by atoms with Gasteiger partial charge in [0.05, 0.1) is 5.02 Å². The highest BCUT2D eigenvalue weighted by molar-refractivity contribution is 6.33. The summed E-state index contributed by atoms with van der Waals surface area (Å²) in [4.78, 5) is 10.9. The molecule has 0 fully saturated rings. The molecule has 16 heavy (non-hydrogen) atoms. The Balaban J connectivity index is 2.45. The number of nitrogens with one attached hydrogen (secondary N) is 1. The van der Waals surface area contributed by atoms with Crippen LogP contribution in [0.15, 0.2) is 28.9 Å². The van der Waals surface area contributed by atoms with Crippen molar-refractivity contribution in [3.05, 3.63) is 29.3 Å². The van der Waals surface area contributed by atoms with Gasteiger partial charge in [0.1, 0.15) is 0 Å². The predicted octanol–water partition coefficient (Wildman–Crippen LogP) is 2.35. The fraction of sp³-hybridized carbons (Fsp3) is 0.100. The zero-order valence-electron chi connectivity index (χ0n) is 8.40. The number of aromatic nitrogens is 2. The minimum absolute atomic E-state index is 0.246. The molecule has 0 atom stereocenters. The zero-order valence-corrected chi connectivity index (χ0v) is 9.15. The van der Waals surface area contributed by atoms with Gasteiger partial charge in [-0.2, -0.15) is 0 Å². The standard InChI is InChI=1S/C10H8ClN3O2/c1-6(15)12-10-9(13-16-14-10)7-4-2-3-5-8(7)11/h2-5H,1H3,(H,12,14,15). The van der Waals surface area contributed by atoms with Crippen LogP contribution in [-0.4, -0.2) is 16.2 Å². The van der Waals surface area contributed by atoms with E-state index in [0.29, 0.717) is 16.3 Å². The van der Waals surface area contributed by atoms with Gasteiger partial charge in [-0.05, 0) is 16.4 Å². The number of benzene rings is 1. The second-order valence-electron chi connectivity index (χ2n) is 3.12. The van der Waals surface area contributed by atoms with Crippen LogP contribution in [0.25, 0.3) is 11.3 Å². The predicted molar refractivity (Wildman–Crippen MR) is 59.0 cm³/mol. The molecule has 1 heterocycles. The van der Waals surface area contributed by atoms with Gasteiger partial charge in [-0.1, -0.05) is 29.8 Å². The maximum Gasteiger partial charge on any atom is 0.222 e. The molecule has 5 nitrogen and oxygen atoms in total. The van der Waals surface area contributed by atoms with E-state index in [4.69, 9.17) is 11.6 Å². The first kappa shape index (κ1) is 10.6. The molecule has 0 unspecified atom stereocenters. The number of carbonyl (C=O) groups is 1. The Morgan fingerprint density at radius 2 is 2.12 bits per heavy atom. The highest BCUT2D eigenvalue weighted by Crippen LogP contribution is 2.30. The van der Waals surface area contributed by atoms with E-state index < -0.39 is 0 Å². The van der Waals surface area contributed by atoms with E-state index in [9.17, 15) is 4.79 Å². The Hall–Kier alpha value is -1.88. The zero-order chi connectivity index (χ0) is 11.5. The van der Waals surface area contributed by atoms with Crippen molar-refractivity contribution in [3.63, 3.8) is 0 Å². The molecule has 6 heteroatoms. The average molecular weight is 238 g/mol. The van der Waals surface area contributed by atoms with Crippen LogP contribution in [0.2, 0.25) is 5.02 Å². The molecule has 1 aromatic heterocycles. The molecule has 0 bridgehead atoms. The summed E-state index contributed by atoms with van der Waals surface area (Å²) in [5.74, 6) is 0.0182. The summed E-state index contributed by atoms with van der Waals surface area (Å²) in [5, 5.41) is 10.3. The molecule has 0 radical (unpaired) electrons. The van der Waals surface area contributed by atoms with Crippen molar-refractivity contribution in [2.24, 2.45) is 0 Å². The summed E-state index contributed by atoms with van der Waals surface area (Å²) < 4.78 is 4.58. The third-order valence-corrected chi connectivity index (χ3v) is 2.24. The lowest BCUT2D eigenvalue weighted by Gasteiger charge is -2.01. The molecule has 1 amide bonds. The molecule has 0 aliphatic heterocycles. The van der Waals surface area contributed by atoms with Crippen molar-refractivity contribution in [1.29, 1.82) is 0 Å². The van der Waals surface area contributed by atoms with E-state index in [1.807, 2.05) is 6.07 Å². The van der Waals surface area contributed by atoms with Crippen LogP contribution >= 0.6 is 11.6 Å². The minimum Gasteiger partial charge on any atom is -0.306 e. The first-order valence-corrected chi connectivity index (χ1v) is 4.91. The lowest BCUT2D eigenvalue weighted by atomic mass is 10.1. The maximum atomic E-state index is 10.9. The summed E-state index contributed by atoms with van der Waals surface area (Å²) in [6.45, 7) is 1.38. The highest BCUT2D eigenvalue weighted by Gasteiger charge is 2.15. The van der Waals surface area contributed by atoms with Crippen molar-refractivity contribution in [2.45, 2.75) is 6.92 Å². The number of halogens is 1. The van der Waals surface area contributed by atoms with Crippen LogP contribution in [0.3, 0.4) is 0 Å². The molecular formula is C10H8ClN3O2. The Morgan fingerprint density at radius 3 is 2.81 bits per heavy atom. The van der Waals surface area contributed by atoms with Gasteiger partial charge in [0.2, 0.25) is 11.7 Å². The second-order valence-corrected chi connectivity index (χ2v) is 3.53. The molecular weight excluding hydrogens is 230 g/mol. The van der Waals surface area contributed by atoms with Crippen molar-refractivity contribution in [3.8, 4) is 11.3 Å². The fourth-order valence-corrected chi connectivity index (χ4v) is 1.49. The van der Waals surface area contributed by atoms with Crippen molar-refractivity contribution < 1.29 is 9.42 Å². The number of hydrogen-bond acceptors (Lipinski definition) is 4. The topological polar surface area (TPSA) is 68.0 Å². The van der Waals surface area contributed by atoms with Gasteiger partial charge in [0.25, 0.3) is 0 Å². The molecule has 0 spiro atoms. The lowest BCUT2D eigenvalue weighted by Crippen LogP contribution is -2.07. The van der Waals surface area contributed by atoms with E-state index >= 15 is 0 Å². The van der Waals surface area contributed by atoms with Crippen LogP contribution < -0.4 is 5.32 Å². The summed E-state index contributed by atoms with van der Waals surface area (Å²) in [6, 6.07) is 7.11. The number of anilines is 1. The summed E-state index contributed by atoms with van der Waals surface area (Å²) >= 11 is 6.00. The van der Waals surface area contributed by atoms with E-state index in [2.05, 4.69) is 20.3 Å². The van der Waals surface area contributed by atoms with Gasteiger partial charge in [-0.15, -0.1) is 0 Å². The van der Waals surface area contributed by atoms with E-state index in [-0.39, 0.29) is 11.7 Å². The lowest BCUT2D eigenvalue weighted by molar-refractivity contribution is -0.114. The first-order valence-electron chi connectivity index (χ1n) is 4.53. The van der Waals surface area contributed by atoms with Crippen LogP contribution in [0.4, 0.5) is 5.82 Å². The van der Waals surface area contributed by atoms with E-state index in [1.165, 1.54) is 6.92 Å². The summed E-state index contributed by atoms with van der Waals surface area (Å²) in [5.41, 5.74) is 1.08. The SMILES string of the molecule is CC(=O)Nc1nonc1-c1ccccc1Cl. The normalized spacial score (nSPS) is 10.1. The molecule has 2 rings (SSSR count). The molecule has 0 saturated heterocycles. The van der Waals surface area contributed by atoms with Crippen molar-refractivity contribution in [1.82, 2.24) is 10.3 Å².